The molecule has 0 heterocycles. The summed E-state index contributed by atoms with van der Waals surface area (Å²) in [4.78, 5) is 1.34. The predicted molar refractivity (Wildman–Crippen MR) is 72.6 cm³/mol. The highest BCUT2D eigenvalue weighted by Gasteiger charge is 2.31. The van der Waals surface area contributed by atoms with E-state index in [1.54, 1.807) is 26.0 Å². The van der Waals surface area contributed by atoms with Crippen molar-refractivity contribution in [2.75, 3.05) is 19.7 Å². The number of ether oxygens (including phenoxy) is 1. The molecule has 1 aromatic carbocycles. The van der Waals surface area contributed by atoms with Crippen molar-refractivity contribution in [1.82, 2.24) is 4.90 Å². The van der Waals surface area contributed by atoms with Gasteiger partial charge < -0.3 is 10.5 Å². The van der Waals surface area contributed by atoms with Gasteiger partial charge in [0, 0.05) is 19.1 Å². The molecular formula is C14H21F3N2O. The molecule has 1 aromatic rings. The Balaban J connectivity index is 2.47. The van der Waals surface area contributed by atoms with Gasteiger partial charge in [0.25, 0.3) is 0 Å². The van der Waals surface area contributed by atoms with E-state index in [1.165, 1.54) is 4.90 Å². The zero-order valence-corrected chi connectivity index (χ0v) is 11.8. The maximum absolute atomic E-state index is 12.4. The van der Waals surface area contributed by atoms with Crippen LogP contribution < -0.4 is 10.5 Å². The molecule has 0 fully saturated rings. The summed E-state index contributed by atoms with van der Waals surface area (Å²) in [6.45, 7) is 3.40. The number of nitrogens with zero attached hydrogens (tertiary/aromatic N) is 1. The third-order valence-corrected chi connectivity index (χ3v) is 2.89. The van der Waals surface area contributed by atoms with Gasteiger partial charge in [0.1, 0.15) is 12.4 Å². The number of rotatable bonds is 7. The van der Waals surface area contributed by atoms with Crippen molar-refractivity contribution in [1.29, 1.82) is 0 Å². The van der Waals surface area contributed by atoms with Gasteiger partial charge in [0.05, 0.1) is 6.54 Å². The zero-order valence-electron chi connectivity index (χ0n) is 11.8. The van der Waals surface area contributed by atoms with E-state index in [0.717, 1.165) is 5.56 Å². The van der Waals surface area contributed by atoms with E-state index >= 15 is 0 Å². The van der Waals surface area contributed by atoms with Crippen molar-refractivity contribution in [2.45, 2.75) is 32.6 Å². The molecule has 1 rings (SSSR count). The number of benzene rings is 1. The molecule has 3 nitrogen and oxygen atoms in total. The molecule has 0 saturated carbocycles. The van der Waals surface area contributed by atoms with Crippen molar-refractivity contribution >= 4 is 0 Å². The normalized spacial score (nSPS) is 12.2. The summed E-state index contributed by atoms with van der Waals surface area (Å²) < 4.78 is 42.7. The molecule has 114 valence electrons. The Labute approximate surface area is 117 Å². The minimum atomic E-state index is -4.19. The number of halogens is 3. The largest absolute Gasteiger partial charge is 0.492 e. The first-order valence-electron chi connectivity index (χ1n) is 6.54. The molecule has 0 aliphatic carbocycles. The third-order valence-electron chi connectivity index (χ3n) is 2.89. The van der Waals surface area contributed by atoms with Gasteiger partial charge in [-0.15, -0.1) is 0 Å². The van der Waals surface area contributed by atoms with Crippen molar-refractivity contribution < 1.29 is 17.9 Å². The maximum Gasteiger partial charge on any atom is 0.401 e. The highest BCUT2D eigenvalue weighted by Crippen LogP contribution is 2.18. The van der Waals surface area contributed by atoms with Crippen LogP contribution in [-0.4, -0.2) is 36.8 Å². The Kier molecular flexibility index (Phi) is 6.29. The summed E-state index contributed by atoms with van der Waals surface area (Å²) in [5.74, 6) is 0.628. The fourth-order valence-corrected chi connectivity index (χ4v) is 1.79. The van der Waals surface area contributed by atoms with Gasteiger partial charge in [0.15, 0.2) is 0 Å². The monoisotopic (exact) mass is 290 g/mol. The predicted octanol–water partition coefficient (Wildman–Crippen LogP) is 2.80. The molecule has 0 spiro atoms. The Morgan fingerprint density at radius 3 is 2.55 bits per heavy atom. The van der Waals surface area contributed by atoms with Crippen LogP contribution in [0.4, 0.5) is 13.2 Å². The molecule has 0 unspecified atom stereocenters. The fourth-order valence-electron chi connectivity index (χ4n) is 1.79. The summed E-state index contributed by atoms with van der Waals surface area (Å²) in [6, 6.07) is 7.06. The molecule has 0 aliphatic heterocycles. The highest BCUT2D eigenvalue weighted by atomic mass is 19.4. The van der Waals surface area contributed by atoms with E-state index in [4.69, 9.17) is 10.5 Å². The minimum absolute atomic E-state index is 0.185. The summed E-state index contributed by atoms with van der Waals surface area (Å²) >= 11 is 0. The second kappa shape index (κ2) is 7.50. The second-order valence-electron chi connectivity index (χ2n) is 4.88. The van der Waals surface area contributed by atoms with Gasteiger partial charge in [-0.05, 0) is 31.5 Å². The molecule has 0 aliphatic rings. The van der Waals surface area contributed by atoms with Gasteiger partial charge in [-0.25, -0.2) is 0 Å². The molecule has 0 saturated heterocycles. The topological polar surface area (TPSA) is 38.5 Å². The number of hydrogen-bond donors (Lipinski definition) is 1. The average Bonchev–Trinajstić information content (AvgIpc) is 2.36. The van der Waals surface area contributed by atoms with Crippen LogP contribution in [0.25, 0.3) is 0 Å². The SMILES string of the molecule is CC(C)N(CCOc1cccc(CN)c1)CC(F)(F)F. The molecule has 0 radical (unpaired) electrons. The highest BCUT2D eigenvalue weighted by molar-refractivity contribution is 5.28. The Morgan fingerprint density at radius 1 is 1.30 bits per heavy atom. The van der Waals surface area contributed by atoms with E-state index in [-0.39, 0.29) is 19.2 Å². The van der Waals surface area contributed by atoms with Gasteiger partial charge in [-0.3, -0.25) is 4.90 Å². The molecule has 2 N–H and O–H groups in total. The lowest BCUT2D eigenvalue weighted by Crippen LogP contribution is -2.41. The zero-order chi connectivity index (χ0) is 15.2. The molecule has 0 aromatic heterocycles. The quantitative estimate of drug-likeness (QED) is 0.839. The van der Waals surface area contributed by atoms with Crippen LogP contribution in [0.15, 0.2) is 24.3 Å². The summed E-state index contributed by atoms with van der Waals surface area (Å²) in [5, 5.41) is 0. The molecule has 20 heavy (non-hydrogen) atoms. The summed E-state index contributed by atoms with van der Waals surface area (Å²) in [5.41, 5.74) is 6.45. The third kappa shape index (κ3) is 6.25. The first-order valence-corrected chi connectivity index (χ1v) is 6.54. The van der Waals surface area contributed by atoms with Crippen molar-refractivity contribution in [3.05, 3.63) is 29.8 Å². The van der Waals surface area contributed by atoms with Crippen molar-refractivity contribution in [2.24, 2.45) is 5.73 Å². The summed E-state index contributed by atoms with van der Waals surface area (Å²) in [7, 11) is 0. The van der Waals surface area contributed by atoms with E-state index in [9.17, 15) is 13.2 Å². The Hall–Kier alpha value is -1.27. The van der Waals surface area contributed by atoms with Gasteiger partial charge in [-0.2, -0.15) is 13.2 Å². The van der Waals surface area contributed by atoms with Gasteiger partial charge in [-0.1, -0.05) is 12.1 Å². The van der Waals surface area contributed by atoms with Crippen molar-refractivity contribution in [3.63, 3.8) is 0 Å². The first kappa shape index (κ1) is 16.8. The fraction of sp³-hybridized carbons (Fsp3) is 0.571. The van der Waals surface area contributed by atoms with Crippen LogP contribution in [-0.2, 0) is 6.54 Å². The Bertz CT molecular complexity index is 408. The van der Waals surface area contributed by atoms with Crippen LogP contribution in [0, 0.1) is 0 Å². The van der Waals surface area contributed by atoms with Crippen LogP contribution >= 0.6 is 0 Å². The molecule has 0 atom stereocenters. The number of alkyl halides is 3. The summed E-state index contributed by atoms with van der Waals surface area (Å²) in [6.07, 6.45) is -4.19. The van der Waals surface area contributed by atoms with Crippen molar-refractivity contribution in [3.8, 4) is 5.75 Å². The van der Waals surface area contributed by atoms with Crippen LogP contribution in [0.1, 0.15) is 19.4 Å². The molecule has 6 heteroatoms. The number of nitrogens with two attached hydrogens (primary N) is 1. The molecule has 0 amide bonds. The standard InChI is InChI=1S/C14H21F3N2O/c1-11(2)19(10-14(15,16)17)6-7-20-13-5-3-4-12(8-13)9-18/h3-5,8,11H,6-7,9-10,18H2,1-2H3. The van der Waals surface area contributed by atoms with E-state index < -0.39 is 12.7 Å². The van der Waals surface area contributed by atoms with Gasteiger partial charge in [0.2, 0.25) is 0 Å². The van der Waals surface area contributed by atoms with E-state index in [2.05, 4.69) is 0 Å². The van der Waals surface area contributed by atoms with Crippen LogP contribution in [0.2, 0.25) is 0 Å². The Morgan fingerprint density at radius 2 is 2.00 bits per heavy atom. The second-order valence-corrected chi connectivity index (χ2v) is 4.88. The first-order chi connectivity index (χ1) is 9.31. The van der Waals surface area contributed by atoms with Crippen LogP contribution in [0.3, 0.4) is 0 Å². The van der Waals surface area contributed by atoms with Gasteiger partial charge >= 0.3 is 6.18 Å². The lowest BCUT2D eigenvalue weighted by atomic mass is 10.2. The maximum atomic E-state index is 12.4. The van der Waals surface area contributed by atoms with E-state index in [1.807, 2.05) is 12.1 Å². The lowest BCUT2D eigenvalue weighted by molar-refractivity contribution is -0.150. The van der Waals surface area contributed by atoms with Crippen LogP contribution in [0.5, 0.6) is 5.75 Å². The average molecular weight is 290 g/mol. The molecular weight excluding hydrogens is 269 g/mol. The number of hydrogen-bond acceptors (Lipinski definition) is 3. The lowest BCUT2D eigenvalue weighted by Gasteiger charge is -2.27. The smallest absolute Gasteiger partial charge is 0.401 e. The minimum Gasteiger partial charge on any atom is -0.492 e. The molecule has 0 bridgehead atoms. The van der Waals surface area contributed by atoms with E-state index in [0.29, 0.717) is 12.3 Å².